The number of halogens is 1. The van der Waals surface area contributed by atoms with Crippen LogP contribution in [0.15, 0.2) is 18.2 Å². The van der Waals surface area contributed by atoms with Crippen molar-refractivity contribution < 1.29 is 4.79 Å². The van der Waals surface area contributed by atoms with Crippen LogP contribution in [0.2, 0.25) is 0 Å². The maximum Gasteiger partial charge on any atom is 0.255 e. The fourth-order valence-corrected chi connectivity index (χ4v) is 2.87. The van der Waals surface area contributed by atoms with E-state index in [0.717, 1.165) is 27.8 Å². The van der Waals surface area contributed by atoms with Gasteiger partial charge in [0.25, 0.3) is 5.91 Å². The SMILES string of the molecule is Cc1cccc(I)c1C(=O)N1CC(N(C)C)C1. The average molecular weight is 344 g/mol. The van der Waals surface area contributed by atoms with Crippen molar-refractivity contribution >= 4 is 28.5 Å². The van der Waals surface area contributed by atoms with E-state index in [0.29, 0.717) is 6.04 Å². The van der Waals surface area contributed by atoms with Crippen molar-refractivity contribution in [3.63, 3.8) is 0 Å². The van der Waals surface area contributed by atoms with Crippen molar-refractivity contribution in [2.75, 3.05) is 27.2 Å². The summed E-state index contributed by atoms with van der Waals surface area (Å²) in [7, 11) is 4.12. The lowest BCUT2D eigenvalue weighted by Gasteiger charge is -2.43. The number of hydrogen-bond acceptors (Lipinski definition) is 2. The molecule has 1 aromatic rings. The predicted molar refractivity (Wildman–Crippen MR) is 77.3 cm³/mol. The molecule has 0 spiro atoms. The minimum Gasteiger partial charge on any atom is -0.335 e. The molecule has 1 aliphatic rings. The van der Waals surface area contributed by atoms with Gasteiger partial charge in [0.05, 0.1) is 5.56 Å². The highest BCUT2D eigenvalue weighted by molar-refractivity contribution is 14.1. The third-order valence-corrected chi connectivity index (χ3v) is 4.21. The fourth-order valence-electron chi connectivity index (χ4n) is 2.01. The second-order valence-electron chi connectivity index (χ2n) is 4.76. The molecule has 0 aliphatic carbocycles. The van der Waals surface area contributed by atoms with Crippen LogP contribution in [0.5, 0.6) is 0 Å². The summed E-state index contributed by atoms with van der Waals surface area (Å²) >= 11 is 2.24. The molecule has 0 bridgehead atoms. The van der Waals surface area contributed by atoms with Crippen LogP contribution in [0.1, 0.15) is 15.9 Å². The number of rotatable bonds is 2. The van der Waals surface area contributed by atoms with Gasteiger partial charge in [-0.05, 0) is 55.2 Å². The van der Waals surface area contributed by atoms with Crippen molar-refractivity contribution in [1.82, 2.24) is 9.80 Å². The van der Waals surface area contributed by atoms with Gasteiger partial charge < -0.3 is 9.80 Å². The zero-order valence-electron chi connectivity index (χ0n) is 10.4. The van der Waals surface area contributed by atoms with Crippen molar-refractivity contribution in [3.05, 3.63) is 32.9 Å². The quantitative estimate of drug-likeness (QED) is 0.766. The van der Waals surface area contributed by atoms with Crippen LogP contribution in [-0.2, 0) is 0 Å². The fraction of sp³-hybridized carbons (Fsp3) is 0.462. The van der Waals surface area contributed by atoms with Gasteiger partial charge in [-0.3, -0.25) is 4.79 Å². The van der Waals surface area contributed by atoms with E-state index in [1.54, 1.807) is 0 Å². The van der Waals surface area contributed by atoms with Gasteiger partial charge in [-0.25, -0.2) is 0 Å². The lowest BCUT2D eigenvalue weighted by molar-refractivity contribution is 0.0397. The normalized spacial score (nSPS) is 16.2. The van der Waals surface area contributed by atoms with E-state index in [4.69, 9.17) is 0 Å². The molecule has 17 heavy (non-hydrogen) atoms. The summed E-state index contributed by atoms with van der Waals surface area (Å²) < 4.78 is 1.04. The van der Waals surface area contributed by atoms with Crippen molar-refractivity contribution in [2.45, 2.75) is 13.0 Å². The Kier molecular flexibility index (Phi) is 3.73. The lowest BCUT2D eigenvalue weighted by atomic mass is 10.0. The smallest absolute Gasteiger partial charge is 0.255 e. The number of benzene rings is 1. The maximum atomic E-state index is 12.3. The average Bonchev–Trinajstić information content (AvgIpc) is 2.13. The van der Waals surface area contributed by atoms with Crippen molar-refractivity contribution in [3.8, 4) is 0 Å². The molecule has 1 heterocycles. The molecular weight excluding hydrogens is 327 g/mol. The Labute approximate surface area is 116 Å². The zero-order chi connectivity index (χ0) is 12.6. The maximum absolute atomic E-state index is 12.3. The Bertz CT molecular complexity index is 419. The third-order valence-electron chi connectivity index (χ3n) is 3.32. The summed E-state index contributed by atoms with van der Waals surface area (Å²) in [5.41, 5.74) is 1.93. The number of carbonyl (C=O) groups excluding carboxylic acids is 1. The number of carbonyl (C=O) groups is 1. The number of likely N-dealkylation sites (N-methyl/N-ethyl adjacent to an activating group) is 1. The van der Waals surface area contributed by atoms with E-state index in [9.17, 15) is 4.79 Å². The Morgan fingerprint density at radius 1 is 1.41 bits per heavy atom. The zero-order valence-corrected chi connectivity index (χ0v) is 12.6. The van der Waals surface area contributed by atoms with Crippen LogP contribution in [0.4, 0.5) is 0 Å². The summed E-state index contributed by atoms with van der Waals surface area (Å²) in [6.45, 7) is 3.69. The highest BCUT2D eigenvalue weighted by Crippen LogP contribution is 2.22. The molecule has 0 unspecified atom stereocenters. The molecule has 1 amide bonds. The highest BCUT2D eigenvalue weighted by Gasteiger charge is 2.33. The molecule has 1 saturated heterocycles. The van der Waals surface area contributed by atoms with E-state index in [1.807, 2.05) is 30.0 Å². The van der Waals surface area contributed by atoms with Crippen LogP contribution < -0.4 is 0 Å². The topological polar surface area (TPSA) is 23.6 Å². The first-order valence-corrected chi connectivity index (χ1v) is 6.79. The first-order valence-electron chi connectivity index (χ1n) is 5.71. The largest absolute Gasteiger partial charge is 0.335 e. The highest BCUT2D eigenvalue weighted by atomic mass is 127. The molecule has 0 radical (unpaired) electrons. The van der Waals surface area contributed by atoms with Crippen molar-refractivity contribution in [1.29, 1.82) is 0 Å². The second kappa shape index (κ2) is 4.94. The third kappa shape index (κ3) is 2.47. The van der Waals surface area contributed by atoms with E-state index in [-0.39, 0.29) is 5.91 Å². The first kappa shape index (κ1) is 12.8. The van der Waals surface area contributed by atoms with E-state index < -0.39 is 0 Å². The molecule has 92 valence electrons. The molecule has 0 aromatic heterocycles. The van der Waals surface area contributed by atoms with E-state index >= 15 is 0 Å². The Balaban J connectivity index is 2.12. The minimum atomic E-state index is 0.172. The standard InChI is InChI=1S/C13H17IN2O/c1-9-5-4-6-11(14)12(9)13(17)16-7-10(8-16)15(2)3/h4-6,10H,7-8H2,1-3H3. The van der Waals surface area contributed by atoms with Crippen LogP contribution in [0.25, 0.3) is 0 Å². The number of likely N-dealkylation sites (tertiary alicyclic amines) is 1. The number of aryl methyl sites for hydroxylation is 1. The number of amides is 1. The van der Waals surface area contributed by atoms with Crippen LogP contribution in [0, 0.1) is 10.5 Å². The molecule has 0 saturated carbocycles. The van der Waals surface area contributed by atoms with E-state index in [2.05, 4.69) is 41.6 Å². The summed E-state index contributed by atoms with van der Waals surface area (Å²) in [4.78, 5) is 16.4. The Morgan fingerprint density at radius 2 is 2.06 bits per heavy atom. The molecule has 1 fully saturated rings. The van der Waals surface area contributed by atoms with Crippen LogP contribution in [0.3, 0.4) is 0 Å². The van der Waals surface area contributed by atoms with Gasteiger partial charge in [0.15, 0.2) is 0 Å². The molecule has 2 rings (SSSR count). The van der Waals surface area contributed by atoms with Gasteiger partial charge in [-0.1, -0.05) is 12.1 Å². The molecule has 0 N–H and O–H groups in total. The first-order chi connectivity index (χ1) is 8.00. The van der Waals surface area contributed by atoms with E-state index in [1.165, 1.54) is 0 Å². The monoisotopic (exact) mass is 344 g/mol. The van der Waals surface area contributed by atoms with Gasteiger partial charge in [-0.2, -0.15) is 0 Å². The van der Waals surface area contributed by atoms with Crippen LogP contribution >= 0.6 is 22.6 Å². The van der Waals surface area contributed by atoms with Gasteiger partial charge in [0.2, 0.25) is 0 Å². The van der Waals surface area contributed by atoms with Gasteiger partial charge in [0.1, 0.15) is 0 Å². The minimum absolute atomic E-state index is 0.172. The summed E-state index contributed by atoms with van der Waals surface area (Å²) in [5, 5.41) is 0. The molecular formula is C13H17IN2O. The Morgan fingerprint density at radius 3 is 2.59 bits per heavy atom. The number of nitrogens with zero attached hydrogens (tertiary/aromatic N) is 2. The summed E-state index contributed by atoms with van der Waals surface area (Å²) in [5.74, 6) is 0.172. The van der Waals surface area contributed by atoms with Crippen molar-refractivity contribution in [2.24, 2.45) is 0 Å². The van der Waals surface area contributed by atoms with Crippen LogP contribution in [-0.4, -0.2) is 48.9 Å². The summed E-state index contributed by atoms with van der Waals surface area (Å²) in [6, 6.07) is 6.50. The molecule has 3 nitrogen and oxygen atoms in total. The number of hydrogen-bond donors (Lipinski definition) is 0. The van der Waals surface area contributed by atoms with Gasteiger partial charge >= 0.3 is 0 Å². The molecule has 0 atom stereocenters. The molecule has 1 aliphatic heterocycles. The second-order valence-corrected chi connectivity index (χ2v) is 5.92. The Hall–Kier alpha value is -0.620. The van der Waals surface area contributed by atoms with Gasteiger partial charge in [0, 0.05) is 22.7 Å². The van der Waals surface area contributed by atoms with Gasteiger partial charge in [-0.15, -0.1) is 0 Å². The predicted octanol–water partition coefficient (Wildman–Crippen LogP) is 1.99. The summed E-state index contributed by atoms with van der Waals surface area (Å²) in [6.07, 6.45) is 0. The molecule has 4 heteroatoms. The lowest BCUT2D eigenvalue weighted by Crippen LogP contribution is -2.59. The molecule has 1 aromatic carbocycles.